The number of hydrogen-bond acceptors (Lipinski definition) is 2. The summed E-state index contributed by atoms with van der Waals surface area (Å²) in [6.45, 7) is 0.994. The van der Waals surface area contributed by atoms with Crippen LogP contribution < -0.4 is 10.6 Å². The van der Waals surface area contributed by atoms with Crippen molar-refractivity contribution in [3.63, 3.8) is 0 Å². The van der Waals surface area contributed by atoms with Crippen molar-refractivity contribution in [2.45, 2.75) is 31.7 Å². The molecule has 0 spiro atoms. The Hall–Kier alpha value is -1.16. The van der Waals surface area contributed by atoms with Crippen LogP contribution in [0.5, 0.6) is 0 Å². The lowest BCUT2D eigenvalue weighted by molar-refractivity contribution is 0.609. The first-order valence-electron chi connectivity index (χ1n) is 6.51. The molecule has 0 atom stereocenters. The van der Waals surface area contributed by atoms with Gasteiger partial charge in [-0.15, -0.1) is 0 Å². The topological polar surface area (TPSA) is 29.3 Å². The fourth-order valence-corrected chi connectivity index (χ4v) is 2.43. The molecular weight excluding hydrogens is 247 g/mol. The van der Waals surface area contributed by atoms with Gasteiger partial charge >= 0.3 is 0 Å². The van der Waals surface area contributed by atoms with Crippen LogP contribution in [0.2, 0.25) is 0 Å². The Labute approximate surface area is 112 Å². The number of nitrogens with two attached hydrogens (primary N) is 1. The number of nitrogens with zero attached hydrogens (tertiary/aromatic N) is 1. The van der Waals surface area contributed by atoms with Gasteiger partial charge in [-0.05, 0) is 49.8 Å². The average molecular weight is 264 g/mol. The molecule has 0 aliphatic heterocycles. The molecule has 2 nitrogen and oxygen atoms in total. The molecule has 18 heavy (non-hydrogen) atoms. The van der Waals surface area contributed by atoms with E-state index >= 15 is 0 Å². The third kappa shape index (κ3) is 2.48. The summed E-state index contributed by atoms with van der Waals surface area (Å²) in [5.41, 5.74) is 6.84. The minimum absolute atomic E-state index is 0.201. The summed E-state index contributed by atoms with van der Waals surface area (Å²) in [5, 5.41) is 0. The van der Waals surface area contributed by atoms with E-state index in [1.807, 2.05) is 12.1 Å². The van der Waals surface area contributed by atoms with E-state index in [1.54, 1.807) is 0 Å². The maximum Gasteiger partial charge on any atom is 0.147 e. The molecule has 2 aliphatic rings. The fourth-order valence-electron chi connectivity index (χ4n) is 2.30. The summed E-state index contributed by atoms with van der Waals surface area (Å²) in [7, 11) is 0. The molecule has 2 fully saturated rings. The minimum Gasteiger partial charge on any atom is -0.389 e. The zero-order valence-electron chi connectivity index (χ0n) is 10.2. The molecule has 0 aromatic heterocycles. The summed E-state index contributed by atoms with van der Waals surface area (Å²) in [6.07, 6.45) is 4.94. The first kappa shape index (κ1) is 11.9. The molecule has 0 radical (unpaired) electrons. The van der Waals surface area contributed by atoms with Gasteiger partial charge in [0.1, 0.15) is 10.8 Å². The van der Waals surface area contributed by atoms with Crippen LogP contribution in [0.3, 0.4) is 0 Å². The Balaban J connectivity index is 1.86. The van der Waals surface area contributed by atoms with Crippen LogP contribution in [0.25, 0.3) is 0 Å². The van der Waals surface area contributed by atoms with Crippen molar-refractivity contribution in [2.24, 2.45) is 11.7 Å². The number of halogens is 1. The van der Waals surface area contributed by atoms with E-state index < -0.39 is 0 Å². The summed E-state index contributed by atoms with van der Waals surface area (Å²) < 4.78 is 14.2. The molecule has 0 unspecified atom stereocenters. The lowest BCUT2D eigenvalue weighted by Crippen LogP contribution is -2.29. The molecule has 2 N–H and O–H groups in total. The van der Waals surface area contributed by atoms with Gasteiger partial charge < -0.3 is 10.6 Å². The van der Waals surface area contributed by atoms with Gasteiger partial charge in [0.25, 0.3) is 0 Å². The fraction of sp³-hybridized carbons (Fsp3) is 0.500. The normalized spacial score (nSPS) is 18.7. The van der Waals surface area contributed by atoms with Gasteiger partial charge in [0.05, 0.1) is 5.69 Å². The number of thiocarbonyl (C=S) groups is 1. The van der Waals surface area contributed by atoms with Crippen LogP contribution in [0.1, 0.15) is 31.2 Å². The Kier molecular flexibility index (Phi) is 2.98. The zero-order valence-corrected chi connectivity index (χ0v) is 11.0. The van der Waals surface area contributed by atoms with Crippen molar-refractivity contribution in [3.05, 3.63) is 29.6 Å². The van der Waals surface area contributed by atoms with Crippen LogP contribution in [0.4, 0.5) is 10.1 Å². The smallest absolute Gasteiger partial charge is 0.147 e. The van der Waals surface area contributed by atoms with Gasteiger partial charge in [-0.1, -0.05) is 12.2 Å². The number of benzene rings is 1. The molecule has 96 valence electrons. The van der Waals surface area contributed by atoms with Gasteiger partial charge in [-0.3, -0.25) is 0 Å². The van der Waals surface area contributed by atoms with Gasteiger partial charge in [0.2, 0.25) is 0 Å². The van der Waals surface area contributed by atoms with E-state index in [0.29, 0.717) is 17.3 Å². The third-order valence-corrected chi connectivity index (χ3v) is 3.92. The first-order chi connectivity index (χ1) is 8.65. The monoisotopic (exact) mass is 264 g/mol. The maximum atomic E-state index is 14.2. The van der Waals surface area contributed by atoms with Crippen molar-refractivity contribution in [1.29, 1.82) is 0 Å². The summed E-state index contributed by atoms with van der Waals surface area (Å²) in [5.74, 6) is 0.563. The SMILES string of the molecule is NC(=S)c1ccc(N(CC2CC2)C2CC2)c(F)c1. The van der Waals surface area contributed by atoms with E-state index in [2.05, 4.69) is 4.90 Å². The number of rotatable bonds is 5. The second-order valence-corrected chi connectivity index (χ2v) is 5.80. The highest BCUT2D eigenvalue weighted by molar-refractivity contribution is 7.80. The van der Waals surface area contributed by atoms with E-state index in [9.17, 15) is 4.39 Å². The molecule has 0 amide bonds. The van der Waals surface area contributed by atoms with Crippen molar-refractivity contribution < 1.29 is 4.39 Å². The van der Waals surface area contributed by atoms with Crippen molar-refractivity contribution in [1.82, 2.24) is 0 Å². The molecule has 0 saturated heterocycles. The molecule has 3 rings (SSSR count). The third-order valence-electron chi connectivity index (χ3n) is 3.68. The quantitative estimate of drug-likeness (QED) is 0.829. The second kappa shape index (κ2) is 4.50. The Morgan fingerprint density at radius 3 is 2.56 bits per heavy atom. The standard InChI is InChI=1S/C14H17FN2S/c15-12-7-10(14(16)18)3-6-13(12)17(11-4-5-11)8-9-1-2-9/h3,6-7,9,11H,1-2,4-5,8H2,(H2,16,18). The van der Waals surface area contributed by atoms with Gasteiger partial charge in [-0.25, -0.2) is 4.39 Å². The van der Waals surface area contributed by atoms with E-state index in [0.717, 1.165) is 12.5 Å². The predicted molar refractivity (Wildman–Crippen MR) is 75.4 cm³/mol. The summed E-state index contributed by atoms with van der Waals surface area (Å²) >= 11 is 4.87. The van der Waals surface area contributed by atoms with Gasteiger partial charge in [0, 0.05) is 18.2 Å². The van der Waals surface area contributed by atoms with E-state index in [1.165, 1.54) is 31.7 Å². The summed E-state index contributed by atoms with van der Waals surface area (Å²) in [4.78, 5) is 2.48. The minimum atomic E-state index is -0.201. The molecule has 1 aromatic rings. The average Bonchev–Trinajstić information content (AvgIpc) is 3.19. The van der Waals surface area contributed by atoms with Crippen LogP contribution in [-0.4, -0.2) is 17.6 Å². The van der Waals surface area contributed by atoms with E-state index in [4.69, 9.17) is 18.0 Å². The van der Waals surface area contributed by atoms with Crippen LogP contribution >= 0.6 is 12.2 Å². The number of anilines is 1. The molecule has 0 bridgehead atoms. The highest BCUT2D eigenvalue weighted by atomic mass is 32.1. The molecule has 4 heteroatoms. The number of hydrogen-bond donors (Lipinski definition) is 1. The van der Waals surface area contributed by atoms with Crippen LogP contribution in [-0.2, 0) is 0 Å². The highest BCUT2D eigenvalue weighted by Gasteiger charge is 2.34. The van der Waals surface area contributed by atoms with Gasteiger partial charge in [-0.2, -0.15) is 0 Å². The zero-order chi connectivity index (χ0) is 12.7. The molecule has 1 aromatic carbocycles. The lowest BCUT2D eigenvalue weighted by atomic mass is 10.1. The summed E-state index contributed by atoms with van der Waals surface area (Å²) in [6, 6.07) is 5.64. The molecule has 2 saturated carbocycles. The second-order valence-electron chi connectivity index (χ2n) is 5.36. The largest absolute Gasteiger partial charge is 0.389 e. The lowest BCUT2D eigenvalue weighted by Gasteiger charge is -2.25. The van der Waals surface area contributed by atoms with E-state index in [-0.39, 0.29) is 10.8 Å². The predicted octanol–water partition coefficient (Wildman–Crippen LogP) is 2.84. The first-order valence-corrected chi connectivity index (χ1v) is 6.92. The molecular formula is C14H17FN2S. The van der Waals surface area contributed by atoms with Crippen molar-refractivity contribution in [3.8, 4) is 0 Å². The van der Waals surface area contributed by atoms with Crippen LogP contribution in [0, 0.1) is 11.7 Å². The Morgan fingerprint density at radius 2 is 2.06 bits per heavy atom. The van der Waals surface area contributed by atoms with Crippen molar-refractivity contribution >= 4 is 22.9 Å². The maximum absolute atomic E-state index is 14.2. The van der Waals surface area contributed by atoms with Crippen molar-refractivity contribution in [2.75, 3.05) is 11.4 Å². The van der Waals surface area contributed by atoms with Crippen LogP contribution in [0.15, 0.2) is 18.2 Å². The Morgan fingerprint density at radius 1 is 1.33 bits per heavy atom. The highest BCUT2D eigenvalue weighted by Crippen LogP contribution is 2.38. The Bertz CT molecular complexity index is 481. The van der Waals surface area contributed by atoms with Gasteiger partial charge in [0.15, 0.2) is 0 Å². The molecule has 2 aliphatic carbocycles. The molecule has 0 heterocycles.